The van der Waals surface area contributed by atoms with Gasteiger partial charge in [0.15, 0.2) is 0 Å². The fourth-order valence-corrected chi connectivity index (χ4v) is 3.31. The second-order valence-electron chi connectivity index (χ2n) is 6.58. The summed E-state index contributed by atoms with van der Waals surface area (Å²) in [5, 5.41) is 5.88. The average molecular weight is 411 g/mol. The number of carbonyl (C=O) groups excluding carboxylic acids is 2. The van der Waals surface area contributed by atoms with Crippen molar-refractivity contribution in [3.05, 3.63) is 34.3 Å². The van der Waals surface area contributed by atoms with Crippen molar-refractivity contribution in [3.8, 4) is 0 Å². The summed E-state index contributed by atoms with van der Waals surface area (Å²) in [6, 6.07) is 8.06. The van der Waals surface area contributed by atoms with Gasteiger partial charge in [-0.1, -0.05) is 35.0 Å². The summed E-state index contributed by atoms with van der Waals surface area (Å²) in [6.07, 6.45) is 2.49. The summed E-state index contributed by atoms with van der Waals surface area (Å²) in [7, 11) is 0. The van der Waals surface area contributed by atoms with Crippen LogP contribution in [0.2, 0.25) is 0 Å². The van der Waals surface area contributed by atoms with Crippen LogP contribution in [-0.2, 0) is 19.7 Å². The molecule has 0 bridgehead atoms. The van der Waals surface area contributed by atoms with E-state index in [1.54, 1.807) is 0 Å². The van der Waals surface area contributed by atoms with Gasteiger partial charge in [0, 0.05) is 36.7 Å². The number of halogens is 1. The van der Waals surface area contributed by atoms with Crippen molar-refractivity contribution < 1.29 is 14.3 Å². The van der Waals surface area contributed by atoms with E-state index in [-0.39, 0.29) is 17.9 Å². The first-order valence-electron chi connectivity index (χ1n) is 8.89. The van der Waals surface area contributed by atoms with Crippen LogP contribution in [0.5, 0.6) is 0 Å². The van der Waals surface area contributed by atoms with Crippen molar-refractivity contribution in [1.82, 2.24) is 10.6 Å². The number of hydrogen-bond acceptors (Lipinski definition) is 3. The van der Waals surface area contributed by atoms with Crippen LogP contribution in [0.15, 0.2) is 28.7 Å². The largest absolute Gasteiger partial charge is 0.381 e. The lowest BCUT2D eigenvalue weighted by Gasteiger charge is -2.36. The molecule has 0 spiro atoms. The summed E-state index contributed by atoms with van der Waals surface area (Å²) in [6.45, 7) is 5.48. The Labute approximate surface area is 158 Å². The van der Waals surface area contributed by atoms with Crippen molar-refractivity contribution in [2.45, 2.75) is 51.0 Å². The zero-order chi connectivity index (χ0) is 18.3. The highest BCUT2D eigenvalue weighted by Crippen LogP contribution is 2.35. The lowest BCUT2D eigenvalue weighted by molar-refractivity contribution is -0.130. The molecule has 2 N–H and O–H groups in total. The molecular formula is C19H27BrN2O3. The zero-order valence-electron chi connectivity index (χ0n) is 14.9. The van der Waals surface area contributed by atoms with Gasteiger partial charge in [0.05, 0.1) is 5.41 Å². The average Bonchev–Trinajstić information content (AvgIpc) is 2.62. The number of rotatable bonds is 7. The maximum absolute atomic E-state index is 13.0. The number of hydrogen-bond donors (Lipinski definition) is 2. The van der Waals surface area contributed by atoms with Gasteiger partial charge < -0.3 is 15.4 Å². The molecule has 0 aliphatic carbocycles. The molecule has 1 aliphatic rings. The van der Waals surface area contributed by atoms with Crippen LogP contribution in [0.4, 0.5) is 0 Å². The molecule has 1 fully saturated rings. The van der Waals surface area contributed by atoms with E-state index in [1.807, 2.05) is 38.1 Å². The first-order chi connectivity index (χ1) is 12.0. The minimum atomic E-state index is -0.577. The summed E-state index contributed by atoms with van der Waals surface area (Å²) in [4.78, 5) is 24.8. The Morgan fingerprint density at radius 3 is 2.48 bits per heavy atom. The SMILES string of the molecule is CCC(C)NC(=O)CCNC(=O)C1(c2ccc(Br)cc2)CCOCC1. The Hall–Kier alpha value is -1.40. The van der Waals surface area contributed by atoms with E-state index >= 15 is 0 Å². The van der Waals surface area contributed by atoms with Gasteiger partial charge in [-0.3, -0.25) is 9.59 Å². The normalized spacial score (nSPS) is 17.6. The molecule has 1 aromatic carbocycles. The van der Waals surface area contributed by atoms with Gasteiger partial charge in [-0.15, -0.1) is 0 Å². The Balaban J connectivity index is 1.99. The topological polar surface area (TPSA) is 67.4 Å². The lowest BCUT2D eigenvalue weighted by Crippen LogP contribution is -2.48. The summed E-state index contributed by atoms with van der Waals surface area (Å²) < 4.78 is 6.45. The quantitative estimate of drug-likeness (QED) is 0.725. The number of ether oxygens (including phenoxy) is 1. The second kappa shape index (κ2) is 9.34. The van der Waals surface area contributed by atoms with Crippen LogP contribution in [-0.4, -0.2) is 37.6 Å². The van der Waals surface area contributed by atoms with E-state index in [0.717, 1.165) is 16.5 Å². The molecule has 25 heavy (non-hydrogen) atoms. The van der Waals surface area contributed by atoms with E-state index in [2.05, 4.69) is 26.6 Å². The van der Waals surface area contributed by atoms with Gasteiger partial charge >= 0.3 is 0 Å². The molecule has 2 rings (SSSR count). The summed E-state index contributed by atoms with van der Waals surface area (Å²) >= 11 is 3.44. The van der Waals surface area contributed by atoms with Crippen LogP contribution in [0.25, 0.3) is 0 Å². The first kappa shape index (κ1) is 19.9. The fourth-order valence-electron chi connectivity index (χ4n) is 3.04. The van der Waals surface area contributed by atoms with E-state index < -0.39 is 5.41 Å². The number of amides is 2. The van der Waals surface area contributed by atoms with Crippen LogP contribution < -0.4 is 10.6 Å². The predicted molar refractivity (Wildman–Crippen MR) is 101 cm³/mol. The number of nitrogens with one attached hydrogen (secondary N) is 2. The zero-order valence-corrected chi connectivity index (χ0v) is 16.5. The van der Waals surface area contributed by atoms with E-state index in [9.17, 15) is 9.59 Å². The monoisotopic (exact) mass is 410 g/mol. The molecule has 1 unspecified atom stereocenters. The van der Waals surface area contributed by atoms with Crippen LogP contribution >= 0.6 is 15.9 Å². The Morgan fingerprint density at radius 2 is 1.88 bits per heavy atom. The Kier molecular flexibility index (Phi) is 7.44. The van der Waals surface area contributed by atoms with E-state index in [0.29, 0.717) is 39.0 Å². The van der Waals surface area contributed by atoms with Crippen molar-refractivity contribution in [3.63, 3.8) is 0 Å². The molecule has 0 radical (unpaired) electrons. The third kappa shape index (κ3) is 5.28. The van der Waals surface area contributed by atoms with Crippen LogP contribution in [0.3, 0.4) is 0 Å². The van der Waals surface area contributed by atoms with Gasteiger partial charge in [-0.05, 0) is 43.9 Å². The summed E-state index contributed by atoms with van der Waals surface area (Å²) in [5.41, 5.74) is 0.423. The minimum Gasteiger partial charge on any atom is -0.381 e. The molecule has 1 heterocycles. The molecule has 1 atom stereocenters. The predicted octanol–water partition coefficient (Wildman–Crippen LogP) is 2.92. The van der Waals surface area contributed by atoms with Gasteiger partial charge in [-0.25, -0.2) is 0 Å². The lowest BCUT2D eigenvalue weighted by atomic mass is 9.73. The van der Waals surface area contributed by atoms with Gasteiger partial charge in [0.1, 0.15) is 0 Å². The van der Waals surface area contributed by atoms with Gasteiger partial charge in [0.2, 0.25) is 11.8 Å². The van der Waals surface area contributed by atoms with Crippen molar-refractivity contribution in [2.24, 2.45) is 0 Å². The van der Waals surface area contributed by atoms with Crippen molar-refractivity contribution in [2.75, 3.05) is 19.8 Å². The molecular weight excluding hydrogens is 384 g/mol. The highest BCUT2D eigenvalue weighted by Gasteiger charge is 2.41. The molecule has 138 valence electrons. The third-order valence-electron chi connectivity index (χ3n) is 4.84. The number of carbonyl (C=O) groups is 2. The smallest absolute Gasteiger partial charge is 0.230 e. The maximum Gasteiger partial charge on any atom is 0.230 e. The minimum absolute atomic E-state index is 0.0190. The molecule has 0 aromatic heterocycles. The van der Waals surface area contributed by atoms with E-state index in [4.69, 9.17) is 4.74 Å². The molecule has 2 amide bonds. The molecule has 1 aromatic rings. The van der Waals surface area contributed by atoms with Crippen LogP contribution in [0, 0.1) is 0 Å². The summed E-state index contributed by atoms with van der Waals surface area (Å²) in [5.74, 6) is -0.0474. The van der Waals surface area contributed by atoms with E-state index in [1.165, 1.54) is 0 Å². The second-order valence-corrected chi connectivity index (χ2v) is 7.50. The van der Waals surface area contributed by atoms with Crippen LogP contribution in [0.1, 0.15) is 45.1 Å². The Morgan fingerprint density at radius 1 is 1.24 bits per heavy atom. The first-order valence-corrected chi connectivity index (χ1v) is 9.68. The standard InChI is InChI=1S/C19H27BrN2O3/c1-3-14(2)22-17(23)8-11-21-18(24)19(9-12-25-13-10-19)15-4-6-16(20)7-5-15/h4-7,14H,3,8-13H2,1-2H3,(H,21,24)(H,22,23). The maximum atomic E-state index is 13.0. The molecule has 5 nitrogen and oxygen atoms in total. The molecule has 1 aliphatic heterocycles. The van der Waals surface area contributed by atoms with Gasteiger partial charge in [-0.2, -0.15) is 0 Å². The Bertz CT molecular complexity index is 583. The van der Waals surface area contributed by atoms with Crippen molar-refractivity contribution >= 4 is 27.7 Å². The highest BCUT2D eigenvalue weighted by molar-refractivity contribution is 9.10. The molecule has 6 heteroatoms. The molecule has 0 saturated carbocycles. The number of benzene rings is 1. The fraction of sp³-hybridized carbons (Fsp3) is 0.579. The van der Waals surface area contributed by atoms with Crippen molar-refractivity contribution in [1.29, 1.82) is 0 Å². The van der Waals surface area contributed by atoms with Gasteiger partial charge in [0.25, 0.3) is 0 Å². The third-order valence-corrected chi connectivity index (χ3v) is 5.36. The highest BCUT2D eigenvalue weighted by atomic mass is 79.9. The molecule has 1 saturated heterocycles.